The summed E-state index contributed by atoms with van der Waals surface area (Å²) in [7, 11) is 2.06. The van der Waals surface area contributed by atoms with Crippen molar-refractivity contribution in [1.29, 1.82) is 0 Å². The number of benzene rings is 1. The van der Waals surface area contributed by atoms with Crippen LogP contribution in [0.15, 0.2) is 24.3 Å². The molecule has 1 aromatic carbocycles. The molecule has 1 heterocycles. The smallest absolute Gasteiger partial charge is 0.167 e. The second kappa shape index (κ2) is 4.76. The average molecular weight is 218 g/mol. The second-order valence-corrected chi connectivity index (χ2v) is 4.52. The van der Waals surface area contributed by atoms with Crippen LogP contribution in [-0.2, 0) is 6.54 Å². The van der Waals surface area contributed by atoms with Crippen LogP contribution in [-0.4, -0.2) is 30.8 Å². The van der Waals surface area contributed by atoms with Gasteiger partial charge in [-0.2, -0.15) is 0 Å². The standard InChI is InChI=1S/C13H18N2O/c1-15-6-5-12(9-15)13(16)11-4-2-3-10(7-11)8-14/h2-4,7,12H,5-6,8-9,14H2,1H3. The van der Waals surface area contributed by atoms with E-state index in [1.165, 1.54) is 0 Å². The first-order chi connectivity index (χ1) is 7.70. The fourth-order valence-corrected chi connectivity index (χ4v) is 2.24. The Labute approximate surface area is 96.2 Å². The molecule has 1 fully saturated rings. The van der Waals surface area contributed by atoms with Crippen LogP contribution in [0.4, 0.5) is 0 Å². The zero-order chi connectivity index (χ0) is 11.5. The third-order valence-corrected chi connectivity index (χ3v) is 3.21. The highest BCUT2D eigenvalue weighted by molar-refractivity contribution is 5.98. The molecule has 0 saturated carbocycles. The van der Waals surface area contributed by atoms with Crippen molar-refractivity contribution in [2.75, 3.05) is 20.1 Å². The maximum Gasteiger partial charge on any atom is 0.167 e. The van der Waals surface area contributed by atoms with Gasteiger partial charge in [0.05, 0.1) is 0 Å². The lowest BCUT2D eigenvalue weighted by molar-refractivity contribution is 0.0924. The normalized spacial score (nSPS) is 21.2. The van der Waals surface area contributed by atoms with Crippen LogP contribution >= 0.6 is 0 Å². The molecule has 86 valence electrons. The topological polar surface area (TPSA) is 46.3 Å². The van der Waals surface area contributed by atoms with Gasteiger partial charge in [-0.25, -0.2) is 0 Å². The van der Waals surface area contributed by atoms with Gasteiger partial charge in [-0.3, -0.25) is 4.79 Å². The highest BCUT2D eigenvalue weighted by Crippen LogP contribution is 2.20. The summed E-state index contributed by atoms with van der Waals surface area (Å²) >= 11 is 0. The van der Waals surface area contributed by atoms with Crippen molar-refractivity contribution >= 4 is 5.78 Å². The number of Topliss-reactive ketones (excluding diaryl/α,β-unsaturated/α-hetero) is 1. The second-order valence-electron chi connectivity index (χ2n) is 4.52. The maximum absolute atomic E-state index is 12.2. The summed E-state index contributed by atoms with van der Waals surface area (Å²) in [5, 5.41) is 0. The van der Waals surface area contributed by atoms with Gasteiger partial charge in [-0.05, 0) is 31.6 Å². The largest absolute Gasteiger partial charge is 0.326 e. The van der Waals surface area contributed by atoms with Gasteiger partial charge in [-0.1, -0.05) is 18.2 Å². The number of hydrogen-bond donors (Lipinski definition) is 1. The van der Waals surface area contributed by atoms with E-state index in [0.717, 1.165) is 30.6 Å². The predicted molar refractivity (Wildman–Crippen MR) is 64.3 cm³/mol. The number of nitrogens with zero attached hydrogens (tertiary/aromatic N) is 1. The van der Waals surface area contributed by atoms with Crippen LogP contribution in [0.3, 0.4) is 0 Å². The molecule has 1 aromatic rings. The van der Waals surface area contributed by atoms with Crippen LogP contribution in [0.2, 0.25) is 0 Å². The van der Waals surface area contributed by atoms with Crippen molar-refractivity contribution in [2.45, 2.75) is 13.0 Å². The van der Waals surface area contributed by atoms with E-state index in [-0.39, 0.29) is 11.7 Å². The average Bonchev–Trinajstić information content (AvgIpc) is 2.75. The molecule has 3 nitrogen and oxygen atoms in total. The zero-order valence-corrected chi connectivity index (χ0v) is 9.65. The lowest BCUT2D eigenvalue weighted by atomic mass is 9.96. The molecule has 2 rings (SSSR count). The van der Waals surface area contributed by atoms with Gasteiger partial charge in [0.2, 0.25) is 0 Å². The van der Waals surface area contributed by atoms with Crippen LogP contribution in [0, 0.1) is 5.92 Å². The number of carbonyl (C=O) groups excluding carboxylic acids is 1. The molecule has 0 radical (unpaired) electrons. The summed E-state index contributed by atoms with van der Waals surface area (Å²) < 4.78 is 0. The van der Waals surface area contributed by atoms with Gasteiger partial charge >= 0.3 is 0 Å². The molecular formula is C13H18N2O. The number of ketones is 1. The Balaban J connectivity index is 2.14. The number of nitrogens with two attached hydrogens (primary N) is 1. The molecule has 0 aliphatic carbocycles. The van der Waals surface area contributed by atoms with Gasteiger partial charge in [0.25, 0.3) is 0 Å². The summed E-state index contributed by atoms with van der Waals surface area (Å²) in [5.41, 5.74) is 7.41. The van der Waals surface area contributed by atoms with E-state index in [1.54, 1.807) is 0 Å². The Morgan fingerprint density at radius 1 is 1.56 bits per heavy atom. The van der Waals surface area contributed by atoms with Crippen LogP contribution in [0.25, 0.3) is 0 Å². The van der Waals surface area contributed by atoms with Crippen molar-refractivity contribution in [3.05, 3.63) is 35.4 Å². The van der Waals surface area contributed by atoms with E-state index in [9.17, 15) is 4.79 Å². The van der Waals surface area contributed by atoms with E-state index in [2.05, 4.69) is 11.9 Å². The van der Waals surface area contributed by atoms with Crippen LogP contribution in [0.5, 0.6) is 0 Å². The lowest BCUT2D eigenvalue weighted by Gasteiger charge is -2.10. The van der Waals surface area contributed by atoms with E-state index in [4.69, 9.17) is 5.73 Å². The third-order valence-electron chi connectivity index (χ3n) is 3.21. The minimum atomic E-state index is 0.165. The first-order valence-corrected chi connectivity index (χ1v) is 5.72. The van der Waals surface area contributed by atoms with Gasteiger partial charge in [-0.15, -0.1) is 0 Å². The SMILES string of the molecule is CN1CCC(C(=O)c2cccc(CN)c2)C1. The third kappa shape index (κ3) is 2.31. The number of hydrogen-bond acceptors (Lipinski definition) is 3. The van der Waals surface area contributed by atoms with Crippen LogP contribution < -0.4 is 5.73 Å². The number of likely N-dealkylation sites (tertiary alicyclic amines) is 1. The quantitative estimate of drug-likeness (QED) is 0.777. The first-order valence-electron chi connectivity index (χ1n) is 5.72. The lowest BCUT2D eigenvalue weighted by Crippen LogP contribution is -2.19. The van der Waals surface area contributed by atoms with Gasteiger partial charge < -0.3 is 10.6 Å². The summed E-state index contributed by atoms with van der Waals surface area (Å²) in [4.78, 5) is 14.4. The van der Waals surface area contributed by atoms with Gasteiger partial charge in [0.1, 0.15) is 0 Å². The molecule has 3 heteroatoms. The maximum atomic E-state index is 12.2. The fourth-order valence-electron chi connectivity index (χ4n) is 2.24. The van der Waals surface area contributed by atoms with Gasteiger partial charge in [0, 0.05) is 24.6 Å². The monoisotopic (exact) mass is 218 g/mol. The first kappa shape index (κ1) is 11.3. The number of carbonyl (C=O) groups is 1. The Bertz CT molecular complexity index is 389. The summed E-state index contributed by atoms with van der Waals surface area (Å²) in [6.07, 6.45) is 0.974. The van der Waals surface area contributed by atoms with Crippen molar-refractivity contribution in [2.24, 2.45) is 11.7 Å². The molecule has 0 aromatic heterocycles. The van der Waals surface area contributed by atoms with Crippen molar-refractivity contribution in [3.8, 4) is 0 Å². The minimum Gasteiger partial charge on any atom is -0.326 e. The van der Waals surface area contributed by atoms with Gasteiger partial charge in [0.15, 0.2) is 5.78 Å². The molecular weight excluding hydrogens is 200 g/mol. The fraction of sp³-hybridized carbons (Fsp3) is 0.462. The molecule has 1 saturated heterocycles. The highest BCUT2D eigenvalue weighted by atomic mass is 16.1. The van der Waals surface area contributed by atoms with Crippen LogP contribution in [0.1, 0.15) is 22.3 Å². The van der Waals surface area contributed by atoms with Crippen molar-refractivity contribution < 1.29 is 4.79 Å². The molecule has 0 spiro atoms. The molecule has 0 amide bonds. The van der Waals surface area contributed by atoms with Crippen molar-refractivity contribution in [3.63, 3.8) is 0 Å². The molecule has 1 aliphatic rings. The molecule has 2 N–H and O–H groups in total. The molecule has 0 bridgehead atoms. The zero-order valence-electron chi connectivity index (χ0n) is 9.65. The highest BCUT2D eigenvalue weighted by Gasteiger charge is 2.26. The van der Waals surface area contributed by atoms with E-state index in [0.29, 0.717) is 6.54 Å². The van der Waals surface area contributed by atoms with E-state index < -0.39 is 0 Å². The summed E-state index contributed by atoms with van der Waals surface area (Å²) in [6.45, 7) is 2.39. The Morgan fingerprint density at radius 3 is 3.00 bits per heavy atom. The Morgan fingerprint density at radius 2 is 2.38 bits per heavy atom. The summed E-state index contributed by atoms with van der Waals surface area (Å²) in [5.74, 6) is 0.428. The van der Waals surface area contributed by atoms with Crippen molar-refractivity contribution in [1.82, 2.24) is 4.90 Å². The predicted octanol–water partition coefficient (Wildman–Crippen LogP) is 1.28. The Kier molecular flexibility index (Phi) is 3.36. The molecule has 1 unspecified atom stereocenters. The summed E-state index contributed by atoms with van der Waals surface area (Å²) in [6, 6.07) is 7.67. The Hall–Kier alpha value is -1.19. The van der Waals surface area contributed by atoms with E-state index >= 15 is 0 Å². The number of rotatable bonds is 3. The molecule has 1 aliphatic heterocycles. The van der Waals surface area contributed by atoms with E-state index in [1.807, 2.05) is 24.3 Å². The minimum absolute atomic E-state index is 0.165. The molecule has 16 heavy (non-hydrogen) atoms. The molecule has 1 atom stereocenters.